The average molecular weight is 313 g/mol. The van der Waals surface area contributed by atoms with Crippen molar-refractivity contribution in [3.05, 3.63) is 0 Å². The number of hydrogen-bond donors (Lipinski definition) is 3. The van der Waals surface area contributed by atoms with Gasteiger partial charge in [-0.15, -0.1) is 0 Å². The minimum absolute atomic E-state index is 0.0479. The van der Waals surface area contributed by atoms with Crippen molar-refractivity contribution in [1.29, 1.82) is 0 Å². The van der Waals surface area contributed by atoms with E-state index in [9.17, 15) is 9.59 Å². The topological polar surface area (TPSA) is 79.5 Å². The fraction of sp³-hybridized carbons (Fsp3) is 0.875. The monoisotopic (exact) mass is 313 g/mol. The van der Waals surface area contributed by atoms with Gasteiger partial charge >= 0.3 is 6.09 Å². The van der Waals surface area contributed by atoms with Gasteiger partial charge in [0.25, 0.3) is 0 Å². The third kappa shape index (κ3) is 7.64. The van der Waals surface area contributed by atoms with Gasteiger partial charge in [-0.1, -0.05) is 12.8 Å². The Morgan fingerprint density at radius 2 is 1.86 bits per heavy atom. The van der Waals surface area contributed by atoms with Crippen molar-refractivity contribution >= 4 is 12.0 Å². The van der Waals surface area contributed by atoms with E-state index in [-0.39, 0.29) is 12.0 Å². The van der Waals surface area contributed by atoms with Crippen LogP contribution in [0.1, 0.15) is 52.9 Å². The zero-order valence-corrected chi connectivity index (χ0v) is 14.3. The van der Waals surface area contributed by atoms with E-state index in [4.69, 9.17) is 4.74 Å². The Labute approximate surface area is 133 Å². The Morgan fingerprint density at radius 1 is 1.18 bits per heavy atom. The second-order valence-corrected chi connectivity index (χ2v) is 6.91. The zero-order valence-electron chi connectivity index (χ0n) is 14.3. The summed E-state index contributed by atoms with van der Waals surface area (Å²) < 4.78 is 5.27. The van der Waals surface area contributed by atoms with E-state index >= 15 is 0 Å². The van der Waals surface area contributed by atoms with Gasteiger partial charge < -0.3 is 20.7 Å². The summed E-state index contributed by atoms with van der Waals surface area (Å²) in [6, 6.07) is 0.355. The number of carbonyl (C=O) groups excluding carboxylic acids is 2. The molecule has 0 heterocycles. The number of hydrogen-bond acceptors (Lipinski definition) is 4. The smallest absolute Gasteiger partial charge is 0.407 e. The Balaban J connectivity index is 2.35. The summed E-state index contributed by atoms with van der Waals surface area (Å²) in [4.78, 5) is 23.0. The quantitative estimate of drug-likeness (QED) is 0.698. The van der Waals surface area contributed by atoms with E-state index in [1.54, 1.807) is 7.05 Å². The number of amides is 2. The van der Waals surface area contributed by atoms with Gasteiger partial charge in [0.05, 0.1) is 0 Å². The van der Waals surface area contributed by atoms with Crippen LogP contribution in [0.4, 0.5) is 4.79 Å². The molecule has 1 saturated carbocycles. The number of alkyl carbamates (subject to hydrolysis) is 1. The largest absolute Gasteiger partial charge is 0.444 e. The van der Waals surface area contributed by atoms with Gasteiger partial charge in [-0.2, -0.15) is 0 Å². The van der Waals surface area contributed by atoms with Crippen LogP contribution < -0.4 is 16.0 Å². The highest BCUT2D eigenvalue weighted by Crippen LogP contribution is 2.24. The van der Waals surface area contributed by atoms with Crippen LogP contribution in [0, 0.1) is 5.92 Å². The molecule has 1 rings (SSSR count). The normalized spacial score (nSPS) is 22.0. The van der Waals surface area contributed by atoms with Gasteiger partial charge in [-0.25, -0.2) is 4.79 Å². The summed E-state index contributed by atoms with van der Waals surface area (Å²) in [6.07, 6.45) is 4.69. The Hall–Kier alpha value is -1.30. The van der Waals surface area contributed by atoms with Crippen LogP contribution in [0.3, 0.4) is 0 Å². The number of rotatable bonds is 6. The standard InChI is InChI=1S/C16H31N3O3/c1-16(2,3)22-15(21)19-11-12-7-5-6-8-13(12)18-10-9-14(20)17-4/h12-13,18H,5-11H2,1-4H3,(H,17,20)(H,19,21). The molecular formula is C16H31N3O3. The van der Waals surface area contributed by atoms with Crippen molar-refractivity contribution in [1.82, 2.24) is 16.0 Å². The van der Waals surface area contributed by atoms with Crippen LogP contribution in [-0.2, 0) is 9.53 Å². The molecular weight excluding hydrogens is 282 g/mol. The SMILES string of the molecule is CNC(=O)CCNC1CCCCC1CNC(=O)OC(C)(C)C. The Morgan fingerprint density at radius 3 is 2.50 bits per heavy atom. The lowest BCUT2D eigenvalue weighted by atomic mass is 9.84. The molecule has 1 aliphatic carbocycles. The summed E-state index contributed by atoms with van der Waals surface area (Å²) in [5.41, 5.74) is -0.470. The minimum Gasteiger partial charge on any atom is -0.444 e. The van der Waals surface area contributed by atoms with Crippen molar-refractivity contribution in [3.8, 4) is 0 Å². The van der Waals surface area contributed by atoms with Crippen LogP contribution in [0.25, 0.3) is 0 Å². The number of carbonyl (C=O) groups is 2. The van der Waals surface area contributed by atoms with Gasteiger partial charge in [0.2, 0.25) is 5.91 Å². The molecule has 6 nitrogen and oxygen atoms in total. The molecule has 2 amide bonds. The molecule has 2 unspecified atom stereocenters. The molecule has 2 atom stereocenters. The maximum atomic E-state index is 11.7. The molecule has 128 valence electrons. The second-order valence-electron chi connectivity index (χ2n) is 6.91. The first-order chi connectivity index (χ1) is 10.3. The fourth-order valence-electron chi connectivity index (χ4n) is 2.75. The zero-order chi connectivity index (χ0) is 16.6. The summed E-state index contributed by atoms with van der Waals surface area (Å²) in [5, 5.41) is 8.95. The first kappa shape index (κ1) is 18.7. The van der Waals surface area contributed by atoms with E-state index in [0.717, 1.165) is 12.8 Å². The molecule has 0 saturated heterocycles. The van der Waals surface area contributed by atoms with E-state index in [1.165, 1.54) is 12.8 Å². The van der Waals surface area contributed by atoms with E-state index in [1.807, 2.05) is 20.8 Å². The van der Waals surface area contributed by atoms with Crippen molar-refractivity contribution < 1.29 is 14.3 Å². The third-order valence-electron chi connectivity index (χ3n) is 3.85. The van der Waals surface area contributed by atoms with Crippen molar-refractivity contribution in [2.24, 2.45) is 5.92 Å². The van der Waals surface area contributed by atoms with Gasteiger partial charge in [-0.05, 0) is 39.5 Å². The van der Waals surface area contributed by atoms with Crippen LogP contribution in [0.15, 0.2) is 0 Å². The predicted octanol–water partition coefficient (Wildman–Crippen LogP) is 1.80. The van der Waals surface area contributed by atoms with Gasteiger partial charge in [0.15, 0.2) is 0 Å². The summed E-state index contributed by atoms with van der Waals surface area (Å²) in [7, 11) is 1.65. The highest BCUT2D eigenvalue weighted by Gasteiger charge is 2.26. The molecule has 0 aromatic rings. The molecule has 0 radical (unpaired) electrons. The second kappa shape index (κ2) is 8.98. The van der Waals surface area contributed by atoms with Crippen LogP contribution >= 0.6 is 0 Å². The van der Waals surface area contributed by atoms with Gasteiger partial charge in [-0.3, -0.25) is 4.79 Å². The molecule has 0 spiro atoms. The molecule has 0 bridgehead atoms. The lowest BCUT2D eigenvalue weighted by Gasteiger charge is -2.32. The minimum atomic E-state index is -0.470. The first-order valence-corrected chi connectivity index (χ1v) is 8.22. The molecule has 0 aliphatic heterocycles. The van der Waals surface area contributed by atoms with Gasteiger partial charge in [0.1, 0.15) is 5.60 Å². The lowest BCUT2D eigenvalue weighted by Crippen LogP contribution is -2.45. The maximum Gasteiger partial charge on any atom is 0.407 e. The van der Waals surface area contributed by atoms with E-state index in [0.29, 0.717) is 31.5 Å². The van der Waals surface area contributed by atoms with Crippen molar-refractivity contribution in [2.75, 3.05) is 20.1 Å². The highest BCUT2D eigenvalue weighted by molar-refractivity contribution is 5.75. The van der Waals surface area contributed by atoms with Crippen LogP contribution in [0.5, 0.6) is 0 Å². The molecule has 22 heavy (non-hydrogen) atoms. The Kier molecular flexibility index (Phi) is 7.65. The molecule has 3 N–H and O–H groups in total. The highest BCUT2D eigenvalue weighted by atomic mass is 16.6. The summed E-state index contributed by atoms with van der Waals surface area (Å²) in [6.45, 7) is 6.86. The molecule has 1 aliphatic rings. The van der Waals surface area contributed by atoms with E-state index in [2.05, 4.69) is 16.0 Å². The predicted molar refractivity (Wildman–Crippen MR) is 86.7 cm³/mol. The average Bonchev–Trinajstić information content (AvgIpc) is 2.44. The molecule has 0 aromatic carbocycles. The summed E-state index contributed by atoms with van der Waals surface area (Å²) in [5.74, 6) is 0.442. The third-order valence-corrected chi connectivity index (χ3v) is 3.85. The number of nitrogens with one attached hydrogen (secondary N) is 3. The lowest BCUT2D eigenvalue weighted by molar-refractivity contribution is -0.120. The van der Waals surface area contributed by atoms with Crippen LogP contribution in [0.2, 0.25) is 0 Å². The fourth-order valence-corrected chi connectivity index (χ4v) is 2.75. The maximum absolute atomic E-state index is 11.7. The summed E-state index contributed by atoms with van der Waals surface area (Å²) >= 11 is 0. The van der Waals surface area contributed by atoms with E-state index < -0.39 is 5.60 Å². The molecule has 0 aromatic heterocycles. The first-order valence-electron chi connectivity index (χ1n) is 8.22. The Bertz CT molecular complexity index is 366. The molecule has 1 fully saturated rings. The number of ether oxygens (including phenoxy) is 1. The van der Waals surface area contributed by atoms with Gasteiger partial charge in [0, 0.05) is 32.6 Å². The van der Waals surface area contributed by atoms with Crippen molar-refractivity contribution in [3.63, 3.8) is 0 Å². The van der Waals surface area contributed by atoms with Crippen LogP contribution in [-0.4, -0.2) is 43.8 Å². The molecule has 6 heteroatoms. The van der Waals surface area contributed by atoms with Crippen molar-refractivity contribution in [2.45, 2.75) is 64.5 Å².